The molecule has 0 saturated heterocycles. The number of aromatic nitrogens is 4. The van der Waals surface area contributed by atoms with Gasteiger partial charge in [0.15, 0.2) is 0 Å². The Labute approximate surface area is 167 Å². The summed E-state index contributed by atoms with van der Waals surface area (Å²) in [5.41, 5.74) is 0. The average Bonchev–Trinajstić information content (AvgIpc) is 3.31. The highest BCUT2D eigenvalue weighted by Crippen LogP contribution is 2.44. The fraction of sp³-hybridized carbons (Fsp3) is 0.0588. The van der Waals surface area contributed by atoms with Gasteiger partial charge in [-0.05, 0) is 40.8 Å². The zero-order chi connectivity index (χ0) is 18.8. The maximum absolute atomic E-state index is 12.8. The van der Waals surface area contributed by atoms with Crippen molar-refractivity contribution in [2.75, 3.05) is 12.4 Å². The molecule has 10 heteroatoms. The van der Waals surface area contributed by atoms with Crippen LogP contribution in [-0.2, 0) is 0 Å². The van der Waals surface area contributed by atoms with E-state index < -0.39 is 0 Å². The van der Waals surface area contributed by atoms with E-state index in [4.69, 9.17) is 16.3 Å². The van der Waals surface area contributed by atoms with Crippen molar-refractivity contribution in [1.82, 2.24) is 20.6 Å². The van der Waals surface area contributed by atoms with Gasteiger partial charge in [-0.3, -0.25) is 10.1 Å². The van der Waals surface area contributed by atoms with Gasteiger partial charge in [-0.2, -0.15) is 0 Å². The highest BCUT2D eigenvalue weighted by Gasteiger charge is 2.21. The number of fused-ring (bicyclic) bond motifs is 1. The highest BCUT2D eigenvalue weighted by molar-refractivity contribution is 8.00. The van der Waals surface area contributed by atoms with Crippen LogP contribution < -0.4 is 10.1 Å². The molecule has 0 atom stereocenters. The van der Waals surface area contributed by atoms with Crippen molar-refractivity contribution in [3.8, 4) is 5.75 Å². The lowest BCUT2D eigenvalue weighted by Crippen LogP contribution is -2.12. The first-order chi connectivity index (χ1) is 13.2. The third-order valence-corrected chi connectivity index (χ3v) is 6.63. The van der Waals surface area contributed by atoms with Gasteiger partial charge in [-0.25, -0.2) is 5.10 Å². The smallest absolute Gasteiger partial charge is 0.269 e. The summed E-state index contributed by atoms with van der Waals surface area (Å²) in [6.45, 7) is 0. The molecule has 27 heavy (non-hydrogen) atoms. The van der Waals surface area contributed by atoms with Crippen LogP contribution in [0.25, 0.3) is 10.1 Å². The molecule has 136 valence electrons. The predicted octanol–water partition coefficient (Wildman–Crippen LogP) is 4.48. The van der Waals surface area contributed by atoms with Gasteiger partial charge >= 0.3 is 0 Å². The number of ether oxygens (including phenoxy) is 1. The highest BCUT2D eigenvalue weighted by atomic mass is 35.5. The molecular formula is C17H12ClN5O2S2. The van der Waals surface area contributed by atoms with E-state index in [0.717, 1.165) is 19.9 Å². The molecule has 4 rings (SSSR count). The number of methoxy groups -OCH3 is 1. The first-order valence-corrected chi connectivity index (χ1v) is 9.75. The summed E-state index contributed by atoms with van der Waals surface area (Å²) in [7, 11) is 1.61. The number of rotatable bonds is 5. The van der Waals surface area contributed by atoms with E-state index >= 15 is 0 Å². The van der Waals surface area contributed by atoms with E-state index in [1.807, 2.05) is 42.5 Å². The van der Waals surface area contributed by atoms with Crippen molar-refractivity contribution in [3.63, 3.8) is 0 Å². The number of carbonyl (C=O) groups excluding carboxylic acids is 1. The summed E-state index contributed by atoms with van der Waals surface area (Å²) in [5, 5.41) is 17.4. The lowest BCUT2D eigenvalue weighted by molar-refractivity contribution is 0.102. The van der Waals surface area contributed by atoms with Crippen molar-refractivity contribution in [2.45, 2.75) is 9.79 Å². The number of thiophene rings is 1. The predicted molar refractivity (Wildman–Crippen MR) is 106 cm³/mol. The molecule has 0 bridgehead atoms. The normalized spacial score (nSPS) is 10.9. The first-order valence-electron chi connectivity index (χ1n) is 7.73. The van der Waals surface area contributed by atoms with Gasteiger partial charge in [0.2, 0.25) is 5.95 Å². The summed E-state index contributed by atoms with van der Waals surface area (Å²) >= 11 is 9.15. The molecule has 0 aliphatic heterocycles. The van der Waals surface area contributed by atoms with Gasteiger partial charge in [0.25, 0.3) is 5.91 Å². The van der Waals surface area contributed by atoms with Crippen molar-refractivity contribution in [1.29, 1.82) is 0 Å². The molecule has 0 aliphatic rings. The van der Waals surface area contributed by atoms with Crippen LogP contribution in [0.3, 0.4) is 0 Å². The van der Waals surface area contributed by atoms with E-state index in [9.17, 15) is 4.79 Å². The van der Waals surface area contributed by atoms with Crippen LogP contribution in [-0.4, -0.2) is 33.6 Å². The Bertz CT molecular complexity index is 1110. The maximum atomic E-state index is 12.8. The molecular weight excluding hydrogens is 406 g/mol. The van der Waals surface area contributed by atoms with Crippen LogP contribution in [0.1, 0.15) is 9.67 Å². The Balaban J connectivity index is 1.81. The Kier molecular flexibility index (Phi) is 4.97. The molecule has 1 amide bonds. The van der Waals surface area contributed by atoms with Crippen molar-refractivity contribution >= 4 is 56.6 Å². The summed E-state index contributed by atoms with van der Waals surface area (Å²) in [6, 6.07) is 13.2. The van der Waals surface area contributed by atoms with Gasteiger partial charge < -0.3 is 4.74 Å². The van der Waals surface area contributed by atoms with Crippen molar-refractivity contribution in [2.24, 2.45) is 0 Å². The molecule has 2 aromatic heterocycles. The minimum Gasteiger partial charge on any atom is -0.497 e. The largest absolute Gasteiger partial charge is 0.497 e. The molecule has 2 N–H and O–H groups in total. The number of halogens is 1. The fourth-order valence-corrected chi connectivity index (χ4v) is 4.98. The Morgan fingerprint density at radius 2 is 2.15 bits per heavy atom. The SMILES string of the molecule is COc1ccc2sc(C(=O)Nc3nnn[nH]3)c(Sc3ccccc3Cl)c2c1. The Morgan fingerprint density at radius 1 is 1.30 bits per heavy atom. The summed E-state index contributed by atoms with van der Waals surface area (Å²) in [6.07, 6.45) is 0. The summed E-state index contributed by atoms with van der Waals surface area (Å²) in [4.78, 5) is 15.0. The van der Waals surface area contributed by atoms with Gasteiger partial charge in [-0.15, -0.1) is 11.3 Å². The van der Waals surface area contributed by atoms with E-state index in [0.29, 0.717) is 15.6 Å². The van der Waals surface area contributed by atoms with Gasteiger partial charge in [0.1, 0.15) is 10.6 Å². The van der Waals surface area contributed by atoms with Gasteiger partial charge in [0, 0.05) is 19.9 Å². The number of benzene rings is 2. The molecule has 7 nitrogen and oxygen atoms in total. The topological polar surface area (TPSA) is 92.8 Å². The van der Waals surface area contributed by atoms with Crippen LogP contribution >= 0.6 is 34.7 Å². The molecule has 0 saturated carbocycles. The lowest BCUT2D eigenvalue weighted by Gasteiger charge is -2.07. The maximum Gasteiger partial charge on any atom is 0.269 e. The average molecular weight is 418 g/mol. The minimum atomic E-state index is -0.303. The number of nitrogens with one attached hydrogen (secondary N) is 2. The monoisotopic (exact) mass is 417 g/mol. The molecule has 0 spiro atoms. The molecule has 0 aliphatic carbocycles. The van der Waals surface area contributed by atoms with Crippen LogP contribution in [0.15, 0.2) is 52.3 Å². The van der Waals surface area contributed by atoms with Gasteiger partial charge in [-0.1, -0.05) is 40.6 Å². The number of carbonyl (C=O) groups is 1. The molecule has 0 fully saturated rings. The Hall–Kier alpha value is -2.62. The van der Waals surface area contributed by atoms with E-state index in [-0.39, 0.29) is 11.9 Å². The van der Waals surface area contributed by atoms with E-state index in [2.05, 4.69) is 25.9 Å². The second kappa shape index (κ2) is 7.55. The van der Waals surface area contributed by atoms with Crippen LogP contribution in [0.2, 0.25) is 5.02 Å². The number of H-pyrrole nitrogens is 1. The van der Waals surface area contributed by atoms with Crippen molar-refractivity contribution < 1.29 is 9.53 Å². The van der Waals surface area contributed by atoms with Crippen LogP contribution in [0.5, 0.6) is 5.75 Å². The van der Waals surface area contributed by atoms with E-state index in [1.54, 1.807) is 7.11 Å². The number of anilines is 1. The molecule has 0 unspecified atom stereocenters. The Morgan fingerprint density at radius 3 is 2.89 bits per heavy atom. The minimum absolute atomic E-state index is 0.184. The zero-order valence-electron chi connectivity index (χ0n) is 13.9. The number of aromatic amines is 1. The quantitative estimate of drug-likeness (QED) is 0.497. The standard InChI is InChI=1S/C17H12ClN5O2S2/c1-25-9-6-7-12-10(8-9)14(27-13-5-3-2-4-11(13)18)15(26-12)16(24)19-17-20-22-23-21-17/h2-8H,1H3,(H2,19,20,21,22,23,24). The molecule has 0 radical (unpaired) electrons. The van der Waals surface area contributed by atoms with Gasteiger partial charge in [0.05, 0.1) is 12.1 Å². The molecule has 2 heterocycles. The summed E-state index contributed by atoms with van der Waals surface area (Å²) < 4.78 is 6.31. The number of hydrogen-bond acceptors (Lipinski definition) is 7. The second-order valence-corrected chi connectivity index (χ2v) is 7.87. The first kappa shape index (κ1) is 17.8. The third-order valence-electron chi connectivity index (χ3n) is 3.68. The van der Waals surface area contributed by atoms with Crippen molar-refractivity contribution in [3.05, 3.63) is 52.4 Å². The number of tetrazole rings is 1. The van der Waals surface area contributed by atoms with E-state index in [1.165, 1.54) is 23.1 Å². The number of nitrogens with zero attached hydrogens (tertiary/aromatic N) is 3. The summed E-state index contributed by atoms with van der Waals surface area (Å²) in [5.74, 6) is 0.597. The molecule has 4 aromatic rings. The molecule has 2 aromatic carbocycles. The fourth-order valence-electron chi connectivity index (χ4n) is 2.45. The van der Waals surface area contributed by atoms with Crippen LogP contribution in [0, 0.1) is 0 Å². The number of amides is 1. The second-order valence-electron chi connectivity index (χ2n) is 5.36. The van der Waals surface area contributed by atoms with Crippen LogP contribution in [0.4, 0.5) is 5.95 Å². The lowest BCUT2D eigenvalue weighted by atomic mass is 10.2. The number of hydrogen-bond donors (Lipinski definition) is 2. The zero-order valence-corrected chi connectivity index (χ0v) is 16.3. The third kappa shape index (κ3) is 3.61.